The second-order valence-corrected chi connectivity index (χ2v) is 6.43. The normalized spacial score (nSPS) is 15.6. The van der Waals surface area contributed by atoms with Crippen LogP contribution in [0.5, 0.6) is 0 Å². The lowest BCUT2D eigenvalue weighted by atomic mass is 10.2. The van der Waals surface area contributed by atoms with Crippen molar-refractivity contribution in [2.45, 2.75) is 24.3 Å². The van der Waals surface area contributed by atoms with Gasteiger partial charge < -0.3 is 11.5 Å². The first-order chi connectivity index (χ1) is 9.00. The van der Waals surface area contributed by atoms with Crippen LogP contribution in [-0.2, 0) is 16.6 Å². The number of sulfonamides is 1. The van der Waals surface area contributed by atoms with Crippen molar-refractivity contribution < 1.29 is 8.42 Å². The van der Waals surface area contributed by atoms with E-state index in [0.29, 0.717) is 24.5 Å². The highest BCUT2D eigenvalue weighted by molar-refractivity contribution is 14.0. The smallest absolute Gasteiger partial charge is 0.243 e. The molecule has 6 nitrogen and oxygen atoms in total. The van der Waals surface area contributed by atoms with Crippen LogP contribution in [0.25, 0.3) is 0 Å². The van der Waals surface area contributed by atoms with Crippen molar-refractivity contribution in [3.05, 3.63) is 29.8 Å². The summed E-state index contributed by atoms with van der Waals surface area (Å²) in [6.07, 6.45) is 1.86. The number of nitrogens with two attached hydrogens (primary N) is 2. The van der Waals surface area contributed by atoms with Crippen LogP contribution in [0.2, 0.25) is 0 Å². The fourth-order valence-corrected chi connectivity index (χ4v) is 3.54. The first kappa shape index (κ1) is 17.2. The molecule has 4 N–H and O–H groups in total. The van der Waals surface area contributed by atoms with Gasteiger partial charge in [0.1, 0.15) is 0 Å². The molecule has 0 radical (unpaired) electrons. The van der Waals surface area contributed by atoms with Gasteiger partial charge in [-0.1, -0.05) is 12.1 Å². The van der Waals surface area contributed by atoms with Crippen molar-refractivity contribution in [1.82, 2.24) is 4.31 Å². The minimum absolute atomic E-state index is 0. The molecule has 1 aromatic rings. The number of benzene rings is 1. The second-order valence-electron chi connectivity index (χ2n) is 4.50. The Bertz CT molecular complexity index is 562. The van der Waals surface area contributed by atoms with E-state index in [1.807, 2.05) is 0 Å². The van der Waals surface area contributed by atoms with Gasteiger partial charge in [0.05, 0.1) is 11.4 Å². The Balaban J connectivity index is 0.00000200. The molecule has 2 rings (SSSR count). The second kappa shape index (κ2) is 7.23. The maximum absolute atomic E-state index is 12.3. The summed E-state index contributed by atoms with van der Waals surface area (Å²) in [6, 6.07) is 6.67. The highest BCUT2D eigenvalue weighted by Crippen LogP contribution is 2.21. The molecule has 0 spiro atoms. The molecule has 0 bridgehead atoms. The highest BCUT2D eigenvalue weighted by Gasteiger charge is 2.26. The van der Waals surface area contributed by atoms with Crippen molar-refractivity contribution >= 4 is 40.0 Å². The van der Waals surface area contributed by atoms with E-state index in [1.54, 1.807) is 24.3 Å². The summed E-state index contributed by atoms with van der Waals surface area (Å²) >= 11 is 0. The molecular formula is C12H19IN4O2S. The Labute approximate surface area is 136 Å². The van der Waals surface area contributed by atoms with E-state index in [9.17, 15) is 8.42 Å². The lowest BCUT2D eigenvalue weighted by Gasteiger charge is -2.15. The average molecular weight is 410 g/mol. The zero-order valence-corrected chi connectivity index (χ0v) is 14.2. The fourth-order valence-electron chi connectivity index (χ4n) is 2.03. The molecular weight excluding hydrogens is 391 g/mol. The zero-order valence-electron chi connectivity index (χ0n) is 11.0. The summed E-state index contributed by atoms with van der Waals surface area (Å²) < 4.78 is 26.1. The molecule has 0 aliphatic carbocycles. The first-order valence-corrected chi connectivity index (χ1v) is 7.58. The molecule has 1 heterocycles. The van der Waals surface area contributed by atoms with Crippen LogP contribution in [-0.4, -0.2) is 31.8 Å². The van der Waals surface area contributed by atoms with Crippen molar-refractivity contribution in [3.63, 3.8) is 0 Å². The number of nitrogens with zero attached hydrogens (tertiary/aromatic N) is 2. The third kappa shape index (κ3) is 4.06. The first-order valence-electron chi connectivity index (χ1n) is 6.14. The molecule has 0 saturated carbocycles. The number of hydrogen-bond donors (Lipinski definition) is 2. The van der Waals surface area contributed by atoms with Crippen LogP contribution in [0.4, 0.5) is 0 Å². The summed E-state index contributed by atoms with van der Waals surface area (Å²) in [4.78, 5) is 4.20. The lowest BCUT2D eigenvalue weighted by Crippen LogP contribution is -2.27. The van der Waals surface area contributed by atoms with Crippen LogP contribution in [0, 0.1) is 0 Å². The molecule has 1 aliphatic heterocycles. The molecule has 8 heteroatoms. The van der Waals surface area contributed by atoms with Crippen LogP contribution in [0.15, 0.2) is 34.2 Å². The van der Waals surface area contributed by atoms with Crippen molar-refractivity contribution in [2.24, 2.45) is 16.5 Å². The number of halogens is 1. The van der Waals surface area contributed by atoms with Crippen molar-refractivity contribution in [3.8, 4) is 0 Å². The summed E-state index contributed by atoms with van der Waals surface area (Å²) in [5, 5.41) is 0. The van der Waals surface area contributed by atoms with Gasteiger partial charge in [-0.05, 0) is 30.5 Å². The van der Waals surface area contributed by atoms with Gasteiger partial charge in [-0.2, -0.15) is 4.31 Å². The standard InChI is InChI=1S/C12H18N4O2S.HI/c13-12(14)15-9-10-3-5-11(6-4-10)19(17,18)16-7-1-2-8-16;/h3-6H,1-2,7-9H2,(H4,13,14,15);1H. The Hall–Kier alpha value is -0.870. The van der Waals surface area contributed by atoms with Crippen LogP contribution in [0.1, 0.15) is 18.4 Å². The third-order valence-corrected chi connectivity index (χ3v) is 4.98. The SMILES string of the molecule is I.NC(N)=NCc1ccc(S(=O)(=O)N2CCCC2)cc1. The van der Waals surface area contributed by atoms with E-state index in [-0.39, 0.29) is 29.9 Å². The largest absolute Gasteiger partial charge is 0.370 e. The van der Waals surface area contributed by atoms with Crippen LogP contribution in [0.3, 0.4) is 0 Å². The van der Waals surface area contributed by atoms with Crippen molar-refractivity contribution in [1.29, 1.82) is 0 Å². The van der Waals surface area contributed by atoms with Gasteiger partial charge in [0, 0.05) is 13.1 Å². The van der Waals surface area contributed by atoms with E-state index in [0.717, 1.165) is 18.4 Å². The van der Waals surface area contributed by atoms with Gasteiger partial charge in [-0.25, -0.2) is 13.4 Å². The van der Waals surface area contributed by atoms with Gasteiger partial charge in [0.25, 0.3) is 0 Å². The van der Waals surface area contributed by atoms with Crippen molar-refractivity contribution in [2.75, 3.05) is 13.1 Å². The Morgan fingerprint density at radius 3 is 2.20 bits per heavy atom. The minimum atomic E-state index is -3.34. The predicted molar refractivity (Wildman–Crippen MR) is 89.4 cm³/mol. The van der Waals surface area contributed by atoms with E-state index in [4.69, 9.17) is 11.5 Å². The number of guanidine groups is 1. The van der Waals surface area contributed by atoms with Gasteiger partial charge in [0.15, 0.2) is 5.96 Å². The minimum Gasteiger partial charge on any atom is -0.370 e. The Morgan fingerprint density at radius 1 is 1.15 bits per heavy atom. The molecule has 20 heavy (non-hydrogen) atoms. The maximum Gasteiger partial charge on any atom is 0.243 e. The Kier molecular flexibility index (Phi) is 6.21. The quantitative estimate of drug-likeness (QED) is 0.437. The summed E-state index contributed by atoms with van der Waals surface area (Å²) in [5.41, 5.74) is 11.4. The molecule has 1 fully saturated rings. The summed E-state index contributed by atoms with van der Waals surface area (Å²) in [7, 11) is -3.34. The monoisotopic (exact) mass is 410 g/mol. The molecule has 1 saturated heterocycles. The zero-order chi connectivity index (χ0) is 13.9. The van der Waals surface area contributed by atoms with Crippen LogP contribution >= 0.6 is 24.0 Å². The van der Waals surface area contributed by atoms with Crippen LogP contribution < -0.4 is 11.5 Å². The topological polar surface area (TPSA) is 102 Å². The number of rotatable bonds is 4. The lowest BCUT2D eigenvalue weighted by molar-refractivity contribution is 0.477. The highest BCUT2D eigenvalue weighted by atomic mass is 127. The average Bonchev–Trinajstić information content (AvgIpc) is 2.91. The van der Waals surface area contributed by atoms with Gasteiger partial charge in [-0.3, -0.25) is 0 Å². The molecule has 0 aromatic heterocycles. The maximum atomic E-state index is 12.3. The molecule has 0 atom stereocenters. The number of hydrogen-bond acceptors (Lipinski definition) is 3. The fraction of sp³-hybridized carbons (Fsp3) is 0.417. The number of aliphatic imine (C=N–C) groups is 1. The van der Waals surface area contributed by atoms with E-state index in [2.05, 4.69) is 4.99 Å². The van der Waals surface area contributed by atoms with E-state index in [1.165, 1.54) is 4.31 Å². The molecule has 0 amide bonds. The molecule has 1 aromatic carbocycles. The summed E-state index contributed by atoms with van der Waals surface area (Å²) in [6.45, 7) is 1.57. The molecule has 1 aliphatic rings. The molecule has 112 valence electrons. The van der Waals surface area contributed by atoms with Gasteiger partial charge >= 0.3 is 0 Å². The van der Waals surface area contributed by atoms with E-state index < -0.39 is 10.0 Å². The van der Waals surface area contributed by atoms with Gasteiger partial charge in [0.2, 0.25) is 10.0 Å². The Morgan fingerprint density at radius 2 is 1.70 bits per heavy atom. The third-order valence-electron chi connectivity index (χ3n) is 3.07. The summed E-state index contributed by atoms with van der Waals surface area (Å²) in [5.74, 6) is 0.0220. The van der Waals surface area contributed by atoms with Gasteiger partial charge in [-0.15, -0.1) is 24.0 Å². The van der Waals surface area contributed by atoms with E-state index >= 15 is 0 Å². The molecule has 0 unspecified atom stereocenters. The predicted octanol–water partition coefficient (Wildman–Crippen LogP) is 0.862.